The molecule has 0 spiro atoms. The number of fused-ring (bicyclic) bond motifs is 1. The van der Waals surface area contributed by atoms with Crippen molar-refractivity contribution in [3.8, 4) is 16.9 Å². The van der Waals surface area contributed by atoms with Gasteiger partial charge in [-0.05, 0) is 70.6 Å². The molecule has 2 aromatic carbocycles. The fraction of sp³-hybridized carbons (Fsp3) is 0.312. The minimum Gasteiger partial charge on any atom is -0.337 e. The normalized spacial score (nSPS) is 11.5. The minimum atomic E-state index is -0.204. The van der Waals surface area contributed by atoms with Crippen LogP contribution in [0.15, 0.2) is 64.8 Å². The Bertz CT molecular complexity index is 1770. The van der Waals surface area contributed by atoms with Gasteiger partial charge in [0.2, 0.25) is 5.91 Å². The molecule has 0 unspecified atom stereocenters. The SMILES string of the molecule is Cc1ccc(C)c(-n2nc(-c3c(C)nc4scc(CC(=O)N(CCN(C)C)Cc5ccccc5)n4c3=O)cc2C)c1. The molecule has 0 radical (unpaired) electrons. The summed E-state index contributed by atoms with van der Waals surface area (Å²) in [6.45, 7) is 9.79. The van der Waals surface area contributed by atoms with Gasteiger partial charge in [-0.2, -0.15) is 5.10 Å². The van der Waals surface area contributed by atoms with E-state index in [9.17, 15) is 9.59 Å². The second-order valence-electron chi connectivity index (χ2n) is 10.9. The molecule has 1 amide bonds. The number of benzene rings is 2. The summed E-state index contributed by atoms with van der Waals surface area (Å²) in [5.41, 5.74) is 7.31. The maximum absolute atomic E-state index is 14.0. The van der Waals surface area contributed by atoms with Gasteiger partial charge in [-0.25, -0.2) is 9.67 Å². The van der Waals surface area contributed by atoms with Gasteiger partial charge in [0, 0.05) is 36.4 Å². The summed E-state index contributed by atoms with van der Waals surface area (Å²) in [7, 11) is 3.99. The molecule has 0 saturated carbocycles. The molecule has 5 rings (SSSR count). The van der Waals surface area contributed by atoms with Crippen molar-refractivity contribution >= 4 is 22.2 Å². The number of hydrogen-bond donors (Lipinski definition) is 0. The monoisotopic (exact) mass is 568 g/mol. The molecule has 0 N–H and O–H groups in total. The van der Waals surface area contributed by atoms with E-state index in [1.165, 1.54) is 11.3 Å². The van der Waals surface area contributed by atoms with Gasteiger partial charge in [-0.3, -0.25) is 14.0 Å². The lowest BCUT2D eigenvalue weighted by molar-refractivity contribution is -0.131. The number of carbonyl (C=O) groups excluding carboxylic acids is 1. The van der Waals surface area contributed by atoms with Gasteiger partial charge >= 0.3 is 0 Å². The van der Waals surface area contributed by atoms with Crippen LogP contribution in [0.25, 0.3) is 21.9 Å². The van der Waals surface area contributed by atoms with E-state index in [2.05, 4.69) is 36.9 Å². The van der Waals surface area contributed by atoms with Crippen LogP contribution in [-0.4, -0.2) is 62.1 Å². The summed E-state index contributed by atoms with van der Waals surface area (Å²) in [6.07, 6.45) is 0.111. The summed E-state index contributed by atoms with van der Waals surface area (Å²) >= 11 is 1.38. The average Bonchev–Trinajstić information content (AvgIpc) is 3.51. The first-order valence-electron chi connectivity index (χ1n) is 13.7. The largest absolute Gasteiger partial charge is 0.337 e. The third-order valence-electron chi connectivity index (χ3n) is 7.28. The lowest BCUT2D eigenvalue weighted by Crippen LogP contribution is -2.37. The molecule has 0 saturated heterocycles. The van der Waals surface area contributed by atoms with Gasteiger partial charge in [0.1, 0.15) is 5.69 Å². The quantitative estimate of drug-likeness (QED) is 0.251. The van der Waals surface area contributed by atoms with Crippen LogP contribution in [0.3, 0.4) is 0 Å². The number of aryl methyl sites for hydroxylation is 4. The van der Waals surface area contributed by atoms with Gasteiger partial charge in [0.25, 0.3) is 5.56 Å². The summed E-state index contributed by atoms with van der Waals surface area (Å²) < 4.78 is 3.47. The summed E-state index contributed by atoms with van der Waals surface area (Å²) in [5.74, 6) is -0.0283. The third-order valence-corrected chi connectivity index (χ3v) is 8.15. The van der Waals surface area contributed by atoms with E-state index in [1.807, 2.05) is 79.3 Å². The zero-order valence-electron chi connectivity index (χ0n) is 24.5. The molecule has 0 bridgehead atoms. The van der Waals surface area contributed by atoms with Gasteiger partial charge in [0.05, 0.1) is 23.4 Å². The Morgan fingerprint density at radius 1 is 0.976 bits per heavy atom. The van der Waals surface area contributed by atoms with Gasteiger partial charge < -0.3 is 9.80 Å². The lowest BCUT2D eigenvalue weighted by atomic mass is 10.1. The van der Waals surface area contributed by atoms with Crippen molar-refractivity contribution in [1.29, 1.82) is 0 Å². The first-order valence-corrected chi connectivity index (χ1v) is 14.6. The fourth-order valence-corrected chi connectivity index (χ4v) is 5.92. The molecule has 41 heavy (non-hydrogen) atoms. The molecule has 212 valence electrons. The van der Waals surface area contributed by atoms with Crippen molar-refractivity contribution in [2.45, 2.75) is 40.7 Å². The van der Waals surface area contributed by atoms with E-state index < -0.39 is 0 Å². The van der Waals surface area contributed by atoms with E-state index in [1.54, 1.807) is 4.40 Å². The van der Waals surface area contributed by atoms with Gasteiger partial charge in [-0.1, -0.05) is 42.5 Å². The van der Waals surface area contributed by atoms with Crippen LogP contribution in [0.2, 0.25) is 0 Å². The van der Waals surface area contributed by atoms with E-state index in [-0.39, 0.29) is 17.9 Å². The first-order chi connectivity index (χ1) is 19.6. The number of amides is 1. The minimum absolute atomic E-state index is 0.0283. The van der Waals surface area contributed by atoms with E-state index >= 15 is 0 Å². The second kappa shape index (κ2) is 11.8. The molecule has 3 aromatic heterocycles. The zero-order valence-corrected chi connectivity index (χ0v) is 25.3. The highest BCUT2D eigenvalue weighted by Gasteiger charge is 2.22. The van der Waals surface area contributed by atoms with Crippen molar-refractivity contribution in [1.82, 2.24) is 29.0 Å². The van der Waals surface area contributed by atoms with E-state index in [0.29, 0.717) is 40.7 Å². The molecule has 5 aromatic rings. The highest BCUT2D eigenvalue weighted by molar-refractivity contribution is 7.15. The first kappa shape index (κ1) is 28.4. The number of aromatic nitrogens is 4. The molecule has 0 aliphatic heterocycles. The predicted octanol–water partition coefficient (Wildman–Crippen LogP) is 4.98. The Morgan fingerprint density at radius 3 is 2.46 bits per heavy atom. The van der Waals surface area contributed by atoms with Crippen LogP contribution in [0.4, 0.5) is 0 Å². The Hall–Kier alpha value is -4.08. The Labute approximate surface area is 244 Å². The molecule has 9 heteroatoms. The van der Waals surface area contributed by atoms with Crippen LogP contribution < -0.4 is 5.56 Å². The van der Waals surface area contributed by atoms with E-state index in [0.717, 1.165) is 34.6 Å². The molecule has 8 nitrogen and oxygen atoms in total. The molecule has 0 atom stereocenters. The number of thiazole rings is 1. The summed E-state index contributed by atoms with van der Waals surface area (Å²) in [6, 6.07) is 18.2. The average molecular weight is 569 g/mol. The Kier molecular flexibility index (Phi) is 8.19. The van der Waals surface area contributed by atoms with Crippen molar-refractivity contribution in [2.24, 2.45) is 0 Å². The molecule has 0 fully saturated rings. The number of rotatable bonds is 9. The highest BCUT2D eigenvalue weighted by atomic mass is 32.1. The number of likely N-dealkylation sites (N-methyl/N-ethyl adjacent to an activating group) is 1. The van der Waals surface area contributed by atoms with Gasteiger partial charge in [0.15, 0.2) is 4.96 Å². The number of carbonyl (C=O) groups is 1. The van der Waals surface area contributed by atoms with Gasteiger partial charge in [-0.15, -0.1) is 11.3 Å². The van der Waals surface area contributed by atoms with Crippen molar-refractivity contribution < 1.29 is 4.79 Å². The predicted molar refractivity (Wildman–Crippen MR) is 165 cm³/mol. The smallest absolute Gasteiger partial charge is 0.268 e. The topological polar surface area (TPSA) is 75.7 Å². The molecule has 0 aliphatic carbocycles. The number of hydrogen-bond acceptors (Lipinski definition) is 6. The highest BCUT2D eigenvalue weighted by Crippen LogP contribution is 2.25. The van der Waals surface area contributed by atoms with Crippen molar-refractivity contribution in [3.05, 3.63) is 104 Å². The Balaban J connectivity index is 1.50. The van der Waals surface area contributed by atoms with Crippen molar-refractivity contribution in [2.75, 3.05) is 27.2 Å². The van der Waals surface area contributed by atoms with E-state index in [4.69, 9.17) is 10.1 Å². The maximum atomic E-state index is 14.0. The molecule has 0 aliphatic rings. The fourth-order valence-electron chi connectivity index (χ4n) is 5.00. The molecular weight excluding hydrogens is 532 g/mol. The van der Waals surface area contributed by atoms with Crippen molar-refractivity contribution in [3.63, 3.8) is 0 Å². The summed E-state index contributed by atoms with van der Waals surface area (Å²) in [4.78, 5) is 36.9. The van der Waals surface area contributed by atoms with Crippen LogP contribution in [0.1, 0.15) is 33.8 Å². The van der Waals surface area contributed by atoms with Crippen LogP contribution >= 0.6 is 11.3 Å². The third kappa shape index (κ3) is 6.01. The lowest BCUT2D eigenvalue weighted by Gasteiger charge is -2.24. The zero-order chi connectivity index (χ0) is 29.3. The van der Waals surface area contributed by atoms with Crippen LogP contribution in [0.5, 0.6) is 0 Å². The maximum Gasteiger partial charge on any atom is 0.268 e. The number of nitrogens with zero attached hydrogens (tertiary/aromatic N) is 6. The standard InChI is InChI=1S/C32H36N6O2S/c1-21-12-13-22(2)28(16-21)38-23(3)17-27(34-38)30-24(4)33-32-37(31(30)40)26(20-41-32)18-29(39)36(15-14-35(5)6)19-25-10-8-7-9-11-25/h7-13,16-17,20H,14-15,18-19H2,1-6H3. The van der Waals surface area contributed by atoms with Crippen LogP contribution in [0, 0.1) is 27.7 Å². The summed E-state index contributed by atoms with van der Waals surface area (Å²) in [5, 5.41) is 6.73. The molecular formula is C32H36N6O2S. The second-order valence-corrected chi connectivity index (χ2v) is 11.7. The van der Waals surface area contributed by atoms with Crippen LogP contribution in [-0.2, 0) is 17.8 Å². The molecule has 3 heterocycles. The Morgan fingerprint density at radius 2 is 1.73 bits per heavy atom.